The molecule has 0 aromatic carbocycles. The first-order valence-electron chi connectivity index (χ1n) is 4.91. The van der Waals surface area contributed by atoms with E-state index in [1.165, 1.54) is 10.9 Å². The third-order valence-electron chi connectivity index (χ3n) is 2.38. The fourth-order valence-electron chi connectivity index (χ4n) is 1.69. The molecule has 0 fully saturated rings. The Morgan fingerprint density at radius 3 is 2.88 bits per heavy atom. The molecule has 1 amide bonds. The quantitative estimate of drug-likeness (QED) is 0.669. The summed E-state index contributed by atoms with van der Waals surface area (Å²) in [6.07, 6.45) is 4.84. The number of imidazole rings is 1. The van der Waals surface area contributed by atoms with Crippen LogP contribution in [0.5, 0.6) is 0 Å². The molecular weight excluding hydrogens is 220 g/mol. The maximum Gasteiger partial charge on any atom is 0.269 e. The molecule has 0 saturated carbocycles. The maximum absolute atomic E-state index is 11.5. The van der Waals surface area contributed by atoms with E-state index in [9.17, 15) is 4.79 Å². The molecule has 0 spiro atoms. The highest BCUT2D eigenvalue weighted by Crippen LogP contribution is 2.15. The standard InChI is InChI=1S/C10H8N6O/c11-9(17)8-10(16-6-4-12-14-16)13-7-3-1-2-5-15(7)8/h1-6H,(H2,11,17). The normalized spacial score (nSPS) is 10.8. The molecule has 7 heteroatoms. The van der Waals surface area contributed by atoms with Crippen LogP contribution in [0.4, 0.5) is 0 Å². The lowest BCUT2D eigenvalue weighted by Crippen LogP contribution is -2.17. The lowest BCUT2D eigenvalue weighted by molar-refractivity contribution is 0.0994. The molecule has 84 valence electrons. The first-order chi connectivity index (χ1) is 8.27. The van der Waals surface area contributed by atoms with Gasteiger partial charge in [-0.2, -0.15) is 4.68 Å². The highest BCUT2D eigenvalue weighted by molar-refractivity contribution is 5.95. The molecule has 7 nitrogen and oxygen atoms in total. The first kappa shape index (κ1) is 9.52. The molecule has 0 aliphatic heterocycles. The number of nitrogens with zero attached hydrogens (tertiary/aromatic N) is 5. The van der Waals surface area contributed by atoms with E-state index >= 15 is 0 Å². The van der Waals surface area contributed by atoms with Crippen molar-refractivity contribution in [3.63, 3.8) is 0 Å². The molecule has 0 atom stereocenters. The molecule has 0 aliphatic rings. The lowest BCUT2D eigenvalue weighted by atomic mass is 10.4. The molecule has 3 rings (SSSR count). The zero-order valence-electron chi connectivity index (χ0n) is 8.69. The molecule has 0 unspecified atom stereocenters. The van der Waals surface area contributed by atoms with E-state index in [0.717, 1.165) is 0 Å². The van der Waals surface area contributed by atoms with Gasteiger partial charge in [0.25, 0.3) is 5.91 Å². The third-order valence-corrected chi connectivity index (χ3v) is 2.38. The van der Waals surface area contributed by atoms with Crippen LogP contribution in [0.25, 0.3) is 11.5 Å². The number of primary amides is 1. The van der Waals surface area contributed by atoms with Crippen molar-refractivity contribution < 1.29 is 4.79 Å². The highest BCUT2D eigenvalue weighted by atomic mass is 16.1. The third kappa shape index (κ3) is 1.36. The minimum absolute atomic E-state index is 0.283. The number of hydrogen-bond acceptors (Lipinski definition) is 4. The predicted octanol–water partition coefficient (Wildman–Crippen LogP) is 0.0139. The Morgan fingerprint density at radius 1 is 1.29 bits per heavy atom. The van der Waals surface area contributed by atoms with Crippen molar-refractivity contribution in [3.05, 3.63) is 42.5 Å². The smallest absolute Gasteiger partial charge is 0.269 e. The van der Waals surface area contributed by atoms with Crippen molar-refractivity contribution in [2.75, 3.05) is 0 Å². The van der Waals surface area contributed by atoms with Crippen molar-refractivity contribution in [2.24, 2.45) is 5.73 Å². The monoisotopic (exact) mass is 228 g/mol. The average Bonchev–Trinajstić information content (AvgIpc) is 2.95. The predicted molar refractivity (Wildman–Crippen MR) is 58.6 cm³/mol. The van der Waals surface area contributed by atoms with Gasteiger partial charge >= 0.3 is 0 Å². The van der Waals surface area contributed by atoms with E-state index in [-0.39, 0.29) is 5.69 Å². The van der Waals surface area contributed by atoms with Gasteiger partial charge in [0.2, 0.25) is 0 Å². The van der Waals surface area contributed by atoms with Gasteiger partial charge in [-0.1, -0.05) is 11.3 Å². The Labute approximate surface area is 95.5 Å². The van der Waals surface area contributed by atoms with E-state index in [0.29, 0.717) is 11.5 Å². The number of pyridine rings is 1. The largest absolute Gasteiger partial charge is 0.364 e. The van der Waals surface area contributed by atoms with E-state index < -0.39 is 5.91 Å². The number of amides is 1. The van der Waals surface area contributed by atoms with E-state index in [4.69, 9.17) is 5.73 Å². The van der Waals surface area contributed by atoms with E-state index in [2.05, 4.69) is 15.3 Å². The molecule has 3 aromatic rings. The molecular formula is C10H8N6O. The summed E-state index contributed by atoms with van der Waals surface area (Å²) in [7, 11) is 0. The Morgan fingerprint density at radius 2 is 2.18 bits per heavy atom. The highest BCUT2D eigenvalue weighted by Gasteiger charge is 2.18. The van der Waals surface area contributed by atoms with Crippen molar-refractivity contribution >= 4 is 11.6 Å². The van der Waals surface area contributed by atoms with Crippen LogP contribution in [-0.4, -0.2) is 30.3 Å². The molecule has 2 N–H and O–H groups in total. The minimum Gasteiger partial charge on any atom is -0.364 e. The van der Waals surface area contributed by atoms with Crippen LogP contribution in [0.2, 0.25) is 0 Å². The van der Waals surface area contributed by atoms with Crippen molar-refractivity contribution in [1.82, 2.24) is 24.4 Å². The summed E-state index contributed by atoms with van der Waals surface area (Å²) in [5.41, 5.74) is 6.28. The number of carbonyl (C=O) groups excluding carboxylic acids is 1. The summed E-state index contributed by atoms with van der Waals surface area (Å²) in [5.74, 6) is -0.185. The number of rotatable bonds is 2. The maximum atomic E-state index is 11.5. The van der Waals surface area contributed by atoms with Gasteiger partial charge < -0.3 is 5.73 Å². The van der Waals surface area contributed by atoms with Crippen molar-refractivity contribution in [3.8, 4) is 5.82 Å². The fraction of sp³-hybridized carbons (Fsp3) is 0. The zero-order valence-corrected chi connectivity index (χ0v) is 8.69. The van der Waals surface area contributed by atoms with Gasteiger partial charge in [0.15, 0.2) is 11.5 Å². The summed E-state index contributed by atoms with van der Waals surface area (Å²) in [5, 5.41) is 7.49. The van der Waals surface area contributed by atoms with Crippen LogP contribution in [-0.2, 0) is 0 Å². The molecule has 0 radical (unpaired) electrons. The van der Waals surface area contributed by atoms with Gasteiger partial charge in [0, 0.05) is 6.20 Å². The van der Waals surface area contributed by atoms with E-state index in [1.54, 1.807) is 28.9 Å². The molecule has 3 heterocycles. The first-order valence-corrected chi connectivity index (χ1v) is 4.91. The number of carbonyl (C=O) groups is 1. The summed E-state index contributed by atoms with van der Waals surface area (Å²) < 4.78 is 3.03. The second kappa shape index (κ2) is 3.41. The van der Waals surface area contributed by atoms with Gasteiger partial charge in [0.05, 0.1) is 12.4 Å². The van der Waals surface area contributed by atoms with Gasteiger partial charge in [-0.25, -0.2) is 4.98 Å². The molecule has 3 aromatic heterocycles. The van der Waals surface area contributed by atoms with Crippen LogP contribution in [0.1, 0.15) is 10.5 Å². The van der Waals surface area contributed by atoms with Crippen LogP contribution in [0.15, 0.2) is 36.8 Å². The van der Waals surface area contributed by atoms with Gasteiger partial charge in [0.1, 0.15) is 5.65 Å². The van der Waals surface area contributed by atoms with Crippen molar-refractivity contribution in [2.45, 2.75) is 0 Å². The summed E-state index contributed by atoms with van der Waals surface area (Å²) in [4.78, 5) is 15.8. The van der Waals surface area contributed by atoms with Gasteiger partial charge in [-0.15, -0.1) is 5.10 Å². The van der Waals surface area contributed by atoms with Crippen molar-refractivity contribution in [1.29, 1.82) is 0 Å². The topological polar surface area (TPSA) is 91.1 Å². The summed E-state index contributed by atoms with van der Waals surface area (Å²) in [6.45, 7) is 0. The molecule has 17 heavy (non-hydrogen) atoms. The average molecular weight is 228 g/mol. The van der Waals surface area contributed by atoms with Crippen LogP contribution in [0.3, 0.4) is 0 Å². The van der Waals surface area contributed by atoms with E-state index in [1.807, 2.05) is 6.07 Å². The lowest BCUT2D eigenvalue weighted by Gasteiger charge is -1.99. The summed E-state index contributed by atoms with van der Waals surface area (Å²) >= 11 is 0. The minimum atomic E-state index is -0.561. The SMILES string of the molecule is NC(=O)c1c(-n2ccnn2)nc2ccccn12. The zero-order chi connectivity index (χ0) is 11.8. The van der Waals surface area contributed by atoms with Gasteiger partial charge in [-0.05, 0) is 12.1 Å². The van der Waals surface area contributed by atoms with Crippen LogP contribution >= 0.6 is 0 Å². The second-order valence-corrected chi connectivity index (χ2v) is 3.42. The Balaban J connectivity index is 2.38. The second-order valence-electron chi connectivity index (χ2n) is 3.42. The van der Waals surface area contributed by atoms with Crippen LogP contribution < -0.4 is 5.73 Å². The molecule has 0 bridgehead atoms. The fourth-order valence-corrected chi connectivity index (χ4v) is 1.69. The summed E-state index contributed by atoms with van der Waals surface area (Å²) in [6, 6.07) is 5.41. The Hall–Kier alpha value is -2.70. The van der Waals surface area contributed by atoms with Crippen LogP contribution in [0, 0.1) is 0 Å². The van der Waals surface area contributed by atoms with Gasteiger partial charge in [-0.3, -0.25) is 9.20 Å². The molecule has 0 saturated heterocycles. The number of nitrogens with two attached hydrogens (primary N) is 1. The Kier molecular flexibility index (Phi) is 1.91. The number of aromatic nitrogens is 5. The number of fused-ring (bicyclic) bond motifs is 1. The molecule has 0 aliphatic carbocycles. The number of hydrogen-bond donors (Lipinski definition) is 1. The Bertz CT molecular complexity index is 684.